The third-order valence-electron chi connectivity index (χ3n) is 3.89. The molecular weight excluding hydrogens is 316 g/mol. The van der Waals surface area contributed by atoms with E-state index in [0.29, 0.717) is 6.61 Å². The van der Waals surface area contributed by atoms with Crippen molar-refractivity contribution in [2.24, 2.45) is 0 Å². The van der Waals surface area contributed by atoms with Gasteiger partial charge >= 0.3 is 5.97 Å². The molecule has 0 amide bonds. The van der Waals surface area contributed by atoms with E-state index in [9.17, 15) is 4.79 Å². The van der Waals surface area contributed by atoms with Gasteiger partial charge in [0.25, 0.3) is 0 Å². The Morgan fingerprint density at radius 2 is 2.18 bits per heavy atom. The van der Waals surface area contributed by atoms with Crippen LogP contribution in [0.2, 0.25) is 0 Å². The molecule has 0 aromatic carbocycles. The molecule has 0 fully saturated rings. The highest BCUT2D eigenvalue weighted by Crippen LogP contribution is 2.40. The van der Waals surface area contributed by atoms with Crippen molar-refractivity contribution >= 4 is 39.3 Å². The second kappa shape index (κ2) is 6.96. The first kappa shape index (κ1) is 15.7. The number of carbonyl (C=O) groups is 1. The van der Waals surface area contributed by atoms with Crippen molar-refractivity contribution in [2.45, 2.75) is 56.2 Å². The number of thioether (sulfide) groups is 1. The molecule has 0 bridgehead atoms. The molecule has 0 saturated heterocycles. The fraction of sp³-hybridized carbons (Fsp3) is 0.562. The van der Waals surface area contributed by atoms with Crippen molar-refractivity contribution in [2.75, 3.05) is 6.61 Å². The molecule has 6 heteroatoms. The number of thiophene rings is 1. The van der Waals surface area contributed by atoms with E-state index < -0.39 is 0 Å². The lowest BCUT2D eigenvalue weighted by Gasteiger charge is -2.14. The average Bonchev–Trinajstić information content (AvgIpc) is 2.92. The molecule has 0 N–H and O–H groups in total. The van der Waals surface area contributed by atoms with E-state index in [-0.39, 0.29) is 11.2 Å². The van der Waals surface area contributed by atoms with Crippen LogP contribution in [-0.4, -0.2) is 27.8 Å². The summed E-state index contributed by atoms with van der Waals surface area (Å²) in [6, 6.07) is 0. The van der Waals surface area contributed by atoms with Gasteiger partial charge in [-0.05, 0) is 44.6 Å². The van der Waals surface area contributed by atoms with E-state index in [1.54, 1.807) is 17.7 Å². The molecule has 22 heavy (non-hydrogen) atoms. The van der Waals surface area contributed by atoms with Gasteiger partial charge in [0.2, 0.25) is 0 Å². The molecule has 0 aliphatic heterocycles. The summed E-state index contributed by atoms with van der Waals surface area (Å²) in [6.45, 7) is 4.27. The fourth-order valence-corrected chi connectivity index (χ4v) is 5.16. The molecule has 2 aromatic heterocycles. The number of rotatable bonds is 5. The van der Waals surface area contributed by atoms with Gasteiger partial charge < -0.3 is 4.74 Å². The molecule has 118 valence electrons. The van der Waals surface area contributed by atoms with Crippen LogP contribution < -0.4 is 0 Å². The Hall–Kier alpha value is -1.14. The van der Waals surface area contributed by atoms with Gasteiger partial charge in [0, 0.05) is 10.3 Å². The molecule has 3 rings (SSSR count). The Balaban J connectivity index is 1.96. The molecule has 2 heterocycles. The maximum absolute atomic E-state index is 12.1. The van der Waals surface area contributed by atoms with Gasteiger partial charge in [-0.1, -0.05) is 18.7 Å². The van der Waals surface area contributed by atoms with Gasteiger partial charge in [-0.15, -0.1) is 11.3 Å². The molecule has 1 aliphatic rings. The van der Waals surface area contributed by atoms with Crippen molar-refractivity contribution in [3.8, 4) is 0 Å². The minimum Gasteiger partial charge on any atom is -0.465 e. The van der Waals surface area contributed by atoms with Crippen molar-refractivity contribution < 1.29 is 9.53 Å². The summed E-state index contributed by atoms with van der Waals surface area (Å²) in [4.78, 5) is 23.5. The molecule has 0 unspecified atom stereocenters. The smallest absolute Gasteiger partial charge is 0.319 e. The van der Waals surface area contributed by atoms with Crippen LogP contribution >= 0.6 is 23.1 Å². The SMILES string of the molecule is CCOC(=O)[C@@H](CC)Sc1ncnc2sc3c(c12)CCCC3. The number of esters is 1. The lowest BCUT2D eigenvalue weighted by molar-refractivity contribution is -0.142. The number of nitrogens with zero attached hydrogens (tertiary/aromatic N) is 2. The minimum absolute atomic E-state index is 0.147. The second-order valence-corrected chi connectivity index (χ2v) is 7.61. The Kier molecular flexibility index (Phi) is 4.98. The first-order chi connectivity index (χ1) is 10.7. The van der Waals surface area contributed by atoms with Crippen molar-refractivity contribution in [1.29, 1.82) is 0 Å². The zero-order valence-corrected chi connectivity index (χ0v) is 14.6. The van der Waals surface area contributed by atoms with Crippen LogP contribution in [0, 0.1) is 0 Å². The van der Waals surface area contributed by atoms with Gasteiger partial charge in [0.1, 0.15) is 21.4 Å². The van der Waals surface area contributed by atoms with E-state index in [2.05, 4.69) is 9.97 Å². The van der Waals surface area contributed by atoms with Crippen molar-refractivity contribution in [3.63, 3.8) is 0 Å². The molecule has 2 aromatic rings. The molecule has 0 spiro atoms. The van der Waals surface area contributed by atoms with Gasteiger partial charge in [-0.2, -0.15) is 0 Å². The highest BCUT2D eigenvalue weighted by molar-refractivity contribution is 8.00. The normalized spacial score (nSPS) is 15.5. The summed E-state index contributed by atoms with van der Waals surface area (Å²) in [5.41, 5.74) is 1.41. The number of ether oxygens (including phenoxy) is 1. The van der Waals surface area contributed by atoms with E-state index in [0.717, 1.165) is 29.1 Å². The standard InChI is InChI=1S/C16H20N2O2S2/c1-3-11(16(19)20-4-2)21-14-13-10-7-5-6-8-12(10)22-15(13)18-9-17-14/h9,11H,3-8H2,1-2H3/t11-/m1/s1. The third-order valence-corrected chi connectivity index (χ3v) is 6.43. The lowest BCUT2D eigenvalue weighted by atomic mass is 9.97. The highest BCUT2D eigenvalue weighted by atomic mass is 32.2. The maximum Gasteiger partial charge on any atom is 0.319 e. The van der Waals surface area contributed by atoms with Crippen LogP contribution in [0.1, 0.15) is 43.6 Å². The fourth-order valence-electron chi connectivity index (χ4n) is 2.82. The van der Waals surface area contributed by atoms with E-state index >= 15 is 0 Å². The Morgan fingerprint density at radius 3 is 2.95 bits per heavy atom. The van der Waals surface area contributed by atoms with Crippen molar-refractivity contribution in [1.82, 2.24) is 9.97 Å². The zero-order chi connectivity index (χ0) is 15.5. The summed E-state index contributed by atoms with van der Waals surface area (Å²) >= 11 is 3.31. The molecular formula is C16H20N2O2S2. The molecule has 1 aliphatic carbocycles. The number of aromatic nitrogens is 2. The summed E-state index contributed by atoms with van der Waals surface area (Å²) in [5.74, 6) is -0.147. The number of carbonyl (C=O) groups excluding carboxylic acids is 1. The largest absolute Gasteiger partial charge is 0.465 e. The summed E-state index contributed by atoms with van der Waals surface area (Å²) in [6.07, 6.45) is 7.09. The molecule has 1 atom stereocenters. The van der Waals surface area contributed by atoms with Crippen LogP contribution in [0.5, 0.6) is 0 Å². The number of aryl methyl sites for hydroxylation is 2. The predicted octanol–water partition coefficient (Wildman–Crippen LogP) is 4.00. The maximum atomic E-state index is 12.1. The number of hydrogen-bond acceptors (Lipinski definition) is 6. The number of fused-ring (bicyclic) bond motifs is 3. The van der Waals surface area contributed by atoms with Crippen molar-refractivity contribution in [3.05, 3.63) is 16.8 Å². The lowest BCUT2D eigenvalue weighted by Crippen LogP contribution is -2.19. The predicted molar refractivity (Wildman–Crippen MR) is 90.6 cm³/mol. The highest BCUT2D eigenvalue weighted by Gasteiger charge is 2.24. The Labute approximate surface area is 138 Å². The Bertz CT molecular complexity index is 684. The summed E-state index contributed by atoms with van der Waals surface area (Å²) < 4.78 is 5.17. The average molecular weight is 336 g/mol. The number of hydrogen-bond donors (Lipinski definition) is 0. The summed E-state index contributed by atoms with van der Waals surface area (Å²) in [7, 11) is 0. The van der Waals surface area contributed by atoms with Crippen LogP contribution in [0.15, 0.2) is 11.4 Å². The van der Waals surface area contributed by atoms with Crippen LogP contribution in [0.4, 0.5) is 0 Å². The quantitative estimate of drug-likeness (QED) is 0.469. The molecule has 4 nitrogen and oxygen atoms in total. The van der Waals surface area contributed by atoms with Gasteiger partial charge in [0.05, 0.1) is 6.61 Å². The third kappa shape index (κ3) is 2.99. The van der Waals surface area contributed by atoms with E-state index in [1.807, 2.05) is 13.8 Å². The van der Waals surface area contributed by atoms with Gasteiger partial charge in [-0.3, -0.25) is 4.79 Å². The van der Waals surface area contributed by atoms with E-state index in [1.165, 1.54) is 40.4 Å². The van der Waals surface area contributed by atoms with Gasteiger partial charge in [-0.25, -0.2) is 9.97 Å². The first-order valence-corrected chi connectivity index (χ1v) is 9.52. The topological polar surface area (TPSA) is 52.1 Å². The second-order valence-electron chi connectivity index (χ2n) is 5.34. The van der Waals surface area contributed by atoms with Crippen LogP contribution in [-0.2, 0) is 22.4 Å². The zero-order valence-electron chi connectivity index (χ0n) is 12.9. The monoisotopic (exact) mass is 336 g/mol. The van der Waals surface area contributed by atoms with Crippen LogP contribution in [0.25, 0.3) is 10.2 Å². The minimum atomic E-state index is -0.197. The first-order valence-electron chi connectivity index (χ1n) is 7.83. The van der Waals surface area contributed by atoms with E-state index in [4.69, 9.17) is 4.74 Å². The van der Waals surface area contributed by atoms with Gasteiger partial charge in [0.15, 0.2) is 0 Å². The summed E-state index contributed by atoms with van der Waals surface area (Å²) in [5, 5.41) is 1.91. The molecule has 0 radical (unpaired) electrons. The van der Waals surface area contributed by atoms with Crippen LogP contribution in [0.3, 0.4) is 0 Å². The molecule has 0 saturated carbocycles. The Morgan fingerprint density at radius 1 is 1.36 bits per heavy atom.